The number of benzene rings is 3. The number of Topliss-reactive ketones (excluding diaryl/α,β-unsaturated/α-hetero) is 1. The van der Waals surface area contributed by atoms with E-state index in [1.807, 2.05) is 0 Å². The minimum absolute atomic E-state index is 0.0356. The predicted octanol–water partition coefficient (Wildman–Crippen LogP) is 4.54. The van der Waals surface area contributed by atoms with Crippen molar-refractivity contribution in [2.75, 3.05) is 14.2 Å². The van der Waals surface area contributed by atoms with Crippen LogP contribution in [0, 0.1) is 11.3 Å². The molecule has 8 nitrogen and oxygen atoms in total. The lowest BCUT2D eigenvalue weighted by Crippen LogP contribution is -2.14. The van der Waals surface area contributed by atoms with Gasteiger partial charge in [-0.2, -0.15) is 14.0 Å². The highest BCUT2D eigenvalue weighted by atomic mass is 32.1. The summed E-state index contributed by atoms with van der Waals surface area (Å²) in [5.41, 5.74) is 2.87. The summed E-state index contributed by atoms with van der Waals surface area (Å²) in [6.45, 7) is 0. The van der Waals surface area contributed by atoms with Crippen molar-refractivity contribution in [3.8, 4) is 17.6 Å². The first-order valence-electron chi connectivity index (χ1n) is 10.4. The molecule has 4 rings (SSSR count). The summed E-state index contributed by atoms with van der Waals surface area (Å²) in [7, 11) is 2.95. The SMILES string of the molecule is COc1ccc(C(=O)C(Cc2ccc(C#N)cc2)=C(C(=O)O)c2ccc3nsnc3c2)cc1OC. The number of nitriles is 1. The molecule has 0 saturated carbocycles. The Hall–Kier alpha value is -4.55. The third-order valence-electron chi connectivity index (χ3n) is 5.44. The maximum atomic E-state index is 13.8. The molecule has 1 heterocycles. The van der Waals surface area contributed by atoms with Gasteiger partial charge in [0.2, 0.25) is 0 Å². The van der Waals surface area contributed by atoms with Crippen molar-refractivity contribution < 1.29 is 24.2 Å². The lowest BCUT2D eigenvalue weighted by molar-refractivity contribution is -0.130. The number of ketones is 1. The molecule has 9 heteroatoms. The third kappa shape index (κ3) is 4.88. The average molecular weight is 486 g/mol. The highest BCUT2D eigenvalue weighted by Crippen LogP contribution is 2.32. The second kappa shape index (κ2) is 10.2. The van der Waals surface area contributed by atoms with E-state index < -0.39 is 11.8 Å². The van der Waals surface area contributed by atoms with Crippen LogP contribution in [-0.2, 0) is 11.2 Å². The monoisotopic (exact) mass is 485 g/mol. The molecule has 4 aromatic rings. The number of hydrogen-bond donors (Lipinski definition) is 1. The number of allylic oxidation sites excluding steroid dienone is 1. The first-order chi connectivity index (χ1) is 16.9. The Morgan fingerprint density at radius 1 is 0.914 bits per heavy atom. The zero-order valence-electron chi connectivity index (χ0n) is 18.8. The Bertz CT molecular complexity index is 1500. The highest BCUT2D eigenvalue weighted by molar-refractivity contribution is 7.00. The summed E-state index contributed by atoms with van der Waals surface area (Å²) >= 11 is 1.02. The maximum absolute atomic E-state index is 13.8. The van der Waals surface area contributed by atoms with Gasteiger partial charge in [-0.25, -0.2) is 4.79 Å². The summed E-state index contributed by atoms with van der Waals surface area (Å²) in [4.78, 5) is 26.3. The van der Waals surface area contributed by atoms with Gasteiger partial charge >= 0.3 is 5.97 Å². The van der Waals surface area contributed by atoms with Gasteiger partial charge in [0, 0.05) is 17.6 Å². The lowest BCUT2D eigenvalue weighted by Gasteiger charge is -2.14. The van der Waals surface area contributed by atoms with Crippen molar-refractivity contribution in [3.05, 3.63) is 88.5 Å². The van der Waals surface area contributed by atoms with Gasteiger partial charge in [0.15, 0.2) is 17.3 Å². The molecule has 0 bridgehead atoms. The number of carbonyl (C=O) groups excluding carboxylic acids is 1. The van der Waals surface area contributed by atoms with E-state index in [9.17, 15) is 14.7 Å². The van der Waals surface area contributed by atoms with Crippen LogP contribution in [-0.4, -0.2) is 39.8 Å². The number of aromatic nitrogens is 2. The van der Waals surface area contributed by atoms with Crippen molar-refractivity contribution in [2.45, 2.75) is 6.42 Å². The number of carboxylic acids is 1. The summed E-state index contributed by atoms with van der Waals surface area (Å²) < 4.78 is 18.9. The van der Waals surface area contributed by atoms with E-state index in [4.69, 9.17) is 14.7 Å². The van der Waals surface area contributed by atoms with Crippen LogP contribution < -0.4 is 9.47 Å². The number of carboxylic acid groups (broad SMARTS) is 1. The first kappa shape index (κ1) is 23.6. The van der Waals surface area contributed by atoms with Crippen molar-refractivity contribution in [1.29, 1.82) is 5.26 Å². The fourth-order valence-electron chi connectivity index (χ4n) is 3.70. The molecular formula is C26H19N3O5S. The van der Waals surface area contributed by atoms with Crippen LogP contribution in [0.3, 0.4) is 0 Å². The van der Waals surface area contributed by atoms with Crippen LogP contribution in [0.4, 0.5) is 0 Å². The molecule has 0 amide bonds. The Morgan fingerprint density at radius 3 is 2.26 bits per heavy atom. The molecule has 3 aromatic carbocycles. The normalized spacial score (nSPS) is 11.5. The number of hydrogen-bond acceptors (Lipinski definition) is 8. The van der Waals surface area contributed by atoms with Crippen LogP contribution in [0.1, 0.15) is 27.0 Å². The van der Waals surface area contributed by atoms with E-state index in [-0.39, 0.29) is 23.1 Å². The Morgan fingerprint density at radius 2 is 1.60 bits per heavy atom. The van der Waals surface area contributed by atoms with Crippen molar-refractivity contribution >= 4 is 40.1 Å². The summed E-state index contributed by atoms with van der Waals surface area (Å²) in [5, 5.41) is 19.3. The molecule has 1 N–H and O–H groups in total. The van der Waals surface area contributed by atoms with Gasteiger partial charge in [-0.1, -0.05) is 18.2 Å². The standard InChI is InChI=1S/C26H19N3O5S/c1-33-22-10-8-18(13-23(22)34-2)25(30)19(11-15-3-5-16(14-27)6-4-15)24(26(31)32)17-7-9-20-21(12-17)29-35-28-20/h3-10,12-13H,11H2,1-2H3,(H,31,32). The zero-order chi connectivity index (χ0) is 24.9. The van der Waals surface area contributed by atoms with Gasteiger partial charge < -0.3 is 14.6 Å². The van der Waals surface area contributed by atoms with E-state index in [1.54, 1.807) is 54.6 Å². The summed E-state index contributed by atoms with van der Waals surface area (Å²) in [6, 6.07) is 18.3. The lowest BCUT2D eigenvalue weighted by atomic mass is 9.89. The fraction of sp³-hybridized carbons (Fsp3) is 0.115. The van der Waals surface area contributed by atoms with Gasteiger partial charge in [0.25, 0.3) is 0 Å². The summed E-state index contributed by atoms with van der Waals surface area (Å²) in [6.07, 6.45) is 0.0356. The van der Waals surface area contributed by atoms with E-state index in [0.29, 0.717) is 39.2 Å². The van der Waals surface area contributed by atoms with Gasteiger partial charge in [0.1, 0.15) is 11.0 Å². The maximum Gasteiger partial charge on any atom is 0.336 e. The fourth-order valence-corrected chi connectivity index (χ4v) is 4.22. The summed E-state index contributed by atoms with van der Waals surface area (Å²) in [5.74, 6) is -0.918. The minimum Gasteiger partial charge on any atom is -0.493 e. The van der Waals surface area contributed by atoms with E-state index in [2.05, 4.69) is 14.8 Å². The van der Waals surface area contributed by atoms with Crippen LogP contribution in [0.5, 0.6) is 11.5 Å². The minimum atomic E-state index is -1.25. The Balaban J connectivity index is 1.90. The third-order valence-corrected chi connectivity index (χ3v) is 6.00. The number of rotatable bonds is 8. The van der Waals surface area contributed by atoms with Crippen LogP contribution in [0.15, 0.2) is 66.2 Å². The molecular weight excluding hydrogens is 466 g/mol. The van der Waals surface area contributed by atoms with E-state index in [1.165, 1.54) is 20.3 Å². The zero-order valence-corrected chi connectivity index (χ0v) is 19.6. The van der Waals surface area contributed by atoms with Crippen LogP contribution >= 0.6 is 11.7 Å². The molecule has 0 radical (unpaired) electrons. The number of nitrogens with zero attached hydrogens (tertiary/aromatic N) is 3. The van der Waals surface area contributed by atoms with Crippen molar-refractivity contribution in [3.63, 3.8) is 0 Å². The molecule has 1 aromatic heterocycles. The molecule has 174 valence electrons. The second-order valence-electron chi connectivity index (χ2n) is 7.51. The molecule has 0 fully saturated rings. The Kier molecular flexibility index (Phi) is 6.85. The van der Waals surface area contributed by atoms with Crippen molar-refractivity contribution in [1.82, 2.24) is 8.75 Å². The molecule has 0 aliphatic rings. The first-order valence-corrected chi connectivity index (χ1v) is 11.1. The quantitative estimate of drug-likeness (QED) is 0.285. The topological polar surface area (TPSA) is 122 Å². The molecule has 0 spiro atoms. The molecule has 0 aliphatic heterocycles. The number of ether oxygens (including phenoxy) is 2. The van der Waals surface area contributed by atoms with E-state index in [0.717, 1.165) is 11.7 Å². The Labute approximate surface area is 205 Å². The molecule has 35 heavy (non-hydrogen) atoms. The highest BCUT2D eigenvalue weighted by Gasteiger charge is 2.25. The van der Waals surface area contributed by atoms with Gasteiger partial charge in [0.05, 0.1) is 43.2 Å². The van der Waals surface area contributed by atoms with Gasteiger partial charge in [-0.3, -0.25) is 4.79 Å². The molecule has 0 saturated heterocycles. The van der Waals surface area contributed by atoms with Crippen LogP contribution in [0.25, 0.3) is 16.6 Å². The van der Waals surface area contributed by atoms with Crippen LogP contribution in [0.2, 0.25) is 0 Å². The number of carbonyl (C=O) groups is 2. The predicted molar refractivity (Wildman–Crippen MR) is 131 cm³/mol. The van der Waals surface area contributed by atoms with E-state index >= 15 is 0 Å². The largest absolute Gasteiger partial charge is 0.493 e. The van der Waals surface area contributed by atoms with Gasteiger partial charge in [-0.05, 0) is 53.6 Å². The molecule has 0 atom stereocenters. The number of fused-ring (bicyclic) bond motifs is 1. The average Bonchev–Trinajstić information content (AvgIpc) is 3.35. The molecule has 0 unspecified atom stereocenters. The smallest absolute Gasteiger partial charge is 0.336 e. The van der Waals surface area contributed by atoms with Gasteiger partial charge in [-0.15, -0.1) is 0 Å². The number of aliphatic carboxylic acids is 1. The molecule has 0 aliphatic carbocycles. The second-order valence-corrected chi connectivity index (χ2v) is 8.04. The van der Waals surface area contributed by atoms with Crippen molar-refractivity contribution in [2.24, 2.45) is 0 Å². The number of methoxy groups -OCH3 is 2.